The molecule has 1 saturated heterocycles. The maximum Gasteiger partial charge on any atom is 0.266 e. The van der Waals surface area contributed by atoms with Crippen LogP contribution in [0.2, 0.25) is 0 Å². The first-order valence-corrected chi connectivity index (χ1v) is 7.77. The van der Waals surface area contributed by atoms with Crippen LogP contribution in [-0.2, 0) is 0 Å². The number of nitrogen functional groups attached to an aromatic ring is 1. The summed E-state index contributed by atoms with van der Waals surface area (Å²) in [4.78, 5) is 16.2. The van der Waals surface area contributed by atoms with Crippen molar-refractivity contribution in [3.63, 3.8) is 0 Å². The van der Waals surface area contributed by atoms with Crippen molar-refractivity contribution < 1.29 is 4.79 Å². The van der Waals surface area contributed by atoms with Crippen LogP contribution in [0.3, 0.4) is 0 Å². The molecule has 0 bridgehead atoms. The Morgan fingerprint density at radius 1 is 1.55 bits per heavy atom. The molecule has 2 unspecified atom stereocenters. The molecule has 1 amide bonds. The Balaban J connectivity index is 2.02. The number of amides is 1. The quantitative estimate of drug-likeness (QED) is 0.923. The van der Waals surface area contributed by atoms with Crippen molar-refractivity contribution in [2.75, 3.05) is 5.73 Å². The molecule has 2 aromatic rings. The lowest BCUT2D eigenvalue weighted by Crippen LogP contribution is -2.39. The number of rotatable bonds is 2. The second kappa shape index (κ2) is 5.01. The second-order valence-electron chi connectivity index (χ2n) is 5.30. The fourth-order valence-corrected chi connectivity index (χ4v) is 3.97. The molecular formula is C14H18N4OS. The van der Waals surface area contributed by atoms with E-state index in [4.69, 9.17) is 5.73 Å². The van der Waals surface area contributed by atoms with Gasteiger partial charge >= 0.3 is 0 Å². The highest BCUT2D eigenvalue weighted by atomic mass is 32.1. The normalized spacial score (nSPS) is 22.6. The summed E-state index contributed by atoms with van der Waals surface area (Å²) < 4.78 is 0. The average Bonchev–Trinajstić information content (AvgIpc) is 2.99. The number of nitrogens with zero attached hydrogens (tertiary/aromatic N) is 3. The van der Waals surface area contributed by atoms with Gasteiger partial charge in [0.15, 0.2) is 0 Å². The van der Waals surface area contributed by atoms with E-state index in [1.54, 1.807) is 6.20 Å². The third kappa shape index (κ3) is 1.95. The number of nitrogens with two attached hydrogens (primary N) is 1. The highest BCUT2D eigenvalue weighted by molar-refractivity contribution is 7.21. The van der Waals surface area contributed by atoms with Crippen molar-refractivity contribution in [3.05, 3.63) is 17.1 Å². The number of likely N-dealkylation sites (tertiary alicyclic amines) is 1. The van der Waals surface area contributed by atoms with Crippen molar-refractivity contribution in [2.45, 2.75) is 45.2 Å². The minimum atomic E-state index is 0.0438. The maximum atomic E-state index is 12.8. The Labute approximate surface area is 121 Å². The summed E-state index contributed by atoms with van der Waals surface area (Å²) >= 11 is 1.34. The molecule has 2 aromatic heterocycles. The van der Waals surface area contributed by atoms with Crippen molar-refractivity contribution in [1.82, 2.24) is 15.1 Å². The Morgan fingerprint density at radius 3 is 3.05 bits per heavy atom. The lowest BCUT2D eigenvalue weighted by molar-refractivity contribution is 0.0682. The smallest absolute Gasteiger partial charge is 0.266 e. The van der Waals surface area contributed by atoms with Gasteiger partial charge in [0.2, 0.25) is 0 Å². The summed E-state index contributed by atoms with van der Waals surface area (Å²) in [7, 11) is 0. The van der Waals surface area contributed by atoms with Crippen LogP contribution in [0.1, 0.15) is 42.8 Å². The molecule has 0 saturated carbocycles. The number of hydrogen-bond donors (Lipinski definition) is 1. The minimum absolute atomic E-state index is 0.0438. The molecule has 2 N–H and O–H groups in total. The van der Waals surface area contributed by atoms with E-state index in [0.717, 1.165) is 29.5 Å². The highest BCUT2D eigenvalue weighted by Gasteiger charge is 2.35. The summed E-state index contributed by atoms with van der Waals surface area (Å²) in [5.74, 6) is 0.0438. The summed E-state index contributed by atoms with van der Waals surface area (Å²) in [6.45, 7) is 4.24. The van der Waals surface area contributed by atoms with Crippen LogP contribution in [0.15, 0.2) is 12.3 Å². The van der Waals surface area contributed by atoms with E-state index in [2.05, 4.69) is 24.0 Å². The predicted octanol–water partition coefficient (Wildman–Crippen LogP) is 2.68. The molecule has 2 atom stereocenters. The van der Waals surface area contributed by atoms with E-state index in [1.807, 2.05) is 11.0 Å². The van der Waals surface area contributed by atoms with Crippen LogP contribution in [0, 0.1) is 0 Å². The van der Waals surface area contributed by atoms with Gasteiger partial charge in [0.1, 0.15) is 9.71 Å². The van der Waals surface area contributed by atoms with Crippen molar-refractivity contribution in [3.8, 4) is 0 Å². The molecular weight excluding hydrogens is 272 g/mol. The summed E-state index contributed by atoms with van der Waals surface area (Å²) in [5, 5.41) is 8.72. The third-order valence-electron chi connectivity index (χ3n) is 4.11. The zero-order valence-corrected chi connectivity index (χ0v) is 12.5. The van der Waals surface area contributed by atoms with Gasteiger partial charge in [-0.25, -0.2) is 0 Å². The van der Waals surface area contributed by atoms with E-state index in [1.165, 1.54) is 11.3 Å². The number of aromatic nitrogens is 2. The van der Waals surface area contributed by atoms with E-state index in [-0.39, 0.29) is 11.9 Å². The van der Waals surface area contributed by atoms with Crippen molar-refractivity contribution in [1.29, 1.82) is 0 Å². The monoisotopic (exact) mass is 290 g/mol. The molecule has 3 rings (SSSR count). The lowest BCUT2D eigenvalue weighted by Gasteiger charge is -2.27. The van der Waals surface area contributed by atoms with Gasteiger partial charge in [0, 0.05) is 17.5 Å². The molecule has 0 aromatic carbocycles. The summed E-state index contributed by atoms with van der Waals surface area (Å²) in [6, 6.07) is 2.42. The Morgan fingerprint density at radius 2 is 2.35 bits per heavy atom. The number of anilines is 1. The fourth-order valence-electron chi connectivity index (χ4n) is 2.99. The minimum Gasteiger partial charge on any atom is -0.397 e. The first-order valence-electron chi connectivity index (χ1n) is 6.95. The van der Waals surface area contributed by atoms with Gasteiger partial charge in [-0.2, -0.15) is 5.10 Å². The van der Waals surface area contributed by atoms with Gasteiger partial charge in [-0.3, -0.25) is 4.79 Å². The SMILES string of the molecule is CCC1CCC(C)N1C(=O)c1sc2nnccc2c1N. The molecule has 20 heavy (non-hydrogen) atoms. The van der Waals surface area contributed by atoms with Gasteiger partial charge in [0.25, 0.3) is 5.91 Å². The zero-order valence-electron chi connectivity index (χ0n) is 11.7. The molecule has 6 heteroatoms. The summed E-state index contributed by atoms with van der Waals surface area (Å²) in [5.41, 5.74) is 6.68. The van der Waals surface area contributed by atoms with E-state index >= 15 is 0 Å². The Hall–Kier alpha value is -1.69. The Kier molecular flexibility index (Phi) is 3.33. The number of fused-ring (bicyclic) bond motifs is 1. The van der Waals surface area contributed by atoms with Crippen molar-refractivity contribution >= 4 is 33.1 Å². The molecule has 1 aliphatic rings. The molecule has 1 aliphatic heterocycles. The summed E-state index contributed by atoms with van der Waals surface area (Å²) in [6.07, 6.45) is 4.73. The first-order chi connectivity index (χ1) is 9.63. The maximum absolute atomic E-state index is 12.8. The molecule has 1 fully saturated rings. The van der Waals surface area contributed by atoms with Crippen LogP contribution in [-0.4, -0.2) is 33.1 Å². The van der Waals surface area contributed by atoms with Crippen molar-refractivity contribution in [2.24, 2.45) is 0 Å². The topological polar surface area (TPSA) is 72.1 Å². The Bertz CT molecular complexity index is 654. The molecule has 3 heterocycles. The van der Waals surface area contributed by atoms with E-state index in [9.17, 15) is 4.79 Å². The second-order valence-corrected chi connectivity index (χ2v) is 6.29. The average molecular weight is 290 g/mol. The van der Waals surface area contributed by atoms with Gasteiger partial charge in [-0.05, 0) is 32.3 Å². The van der Waals surface area contributed by atoms with Gasteiger partial charge in [-0.15, -0.1) is 16.4 Å². The van der Waals surface area contributed by atoms with Crippen LogP contribution in [0.4, 0.5) is 5.69 Å². The molecule has 106 valence electrons. The standard InChI is InChI=1S/C14H18N4OS/c1-3-9-5-4-8(2)18(9)14(19)12-11(15)10-6-7-16-17-13(10)20-12/h6-9H,3-5,15H2,1-2H3. The number of carbonyl (C=O) groups excluding carboxylic acids is 1. The van der Waals surface area contributed by atoms with Crippen LogP contribution < -0.4 is 5.73 Å². The molecule has 0 spiro atoms. The van der Waals surface area contributed by atoms with Gasteiger partial charge < -0.3 is 10.6 Å². The number of thiophene rings is 1. The molecule has 5 nitrogen and oxygen atoms in total. The van der Waals surface area contributed by atoms with E-state index in [0.29, 0.717) is 16.6 Å². The lowest BCUT2D eigenvalue weighted by atomic mass is 10.1. The third-order valence-corrected chi connectivity index (χ3v) is 5.20. The van der Waals surface area contributed by atoms with Gasteiger partial charge in [0.05, 0.1) is 11.9 Å². The zero-order chi connectivity index (χ0) is 14.3. The highest BCUT2D eigenvalue weighted by Crippen LogP contribution is 2.35. The van der Waals surface area contributed by atoms with E-state index < -0.39 is 0 Å². The predicted molar refractivity (Wildman–Crippen MR) is 80.8 cm³/mol. The largest absolute Gasteiger partial charge is 0.397 e. The van der Waals surface area contributed by atoms with Crippen LogP contribution >= 0.6 is 11.3 Å². The number of carbonyl (C=O) groups is 1. The van der Waals surface area contributed by atoms with Crippen LogP contribution in [0.25, 0.3) is 10.2 Å². The number of hydrogen-bond acceptors (Lipinski definition) is 5. The fraction of sp³-hybridized carbons (Fsp3) is 0.500. The van der Waals surface area contributed by atoms with Gasteiger partial charge in [-0.1, -0.05) is 6.92 Å². The molecule has 0 radical (unpaired) electrons. The van der Waals surface area contributed by atoms with Crippen LogP contribution in [0.5, 0.6) is 0 Å². The molecule has 0 aliphatic carbocycles. The first kappa shape index (κ1) is 13.3.